The van der Waals surface area contributed by atoms with Gasteiger partial charge in [-0.15, -0.1) is 11.3 Å². The molecule has 0 aliphatic heterocycles. The highest BCUT2D eigenvalue weighted by atomic mass is 32.1. The summed E-state index contributed by atoms with van der Waals surface area (Å²) in [4.78, 5) is 14.0. The summed E-state index contributed by atoms with van der Waals surface area (Å²) in [6.07, 6.45) is 3.26. The van der Waals surface area contributed by atoms with Gasteiger partial charge in [-0.25, -0.2) is 0 Å². The van der Waals surface area contributed by atoms with Gasteiger partial charge in [0.2, 0.25) is 0 Å². The minimum absolute atomic E-state index is 0.0139. The Morgan fingerprint density at radius 3 is 2.59 bits per heavy atom. The third-order valence-corrected chi connectivity index (χ3v) is 6.39. The van der Waals surface area contributed by atoms with Gasteiger partial charge in [0.05, 0.1) is 19.2 Å². The molecule has 1 aromatic carbocycles. The van der Waals surface area contributed by atoms with E-state index in [2.05, 4.69) is 26.1 Å². The predicted molar refractivity (Wildman–Crippen MR) is 110 cm³/mol. The smallest absolute Gasteiger partial charge is 0.252 e. The van der Waals surface area contributed by atoms with Crippen LogP contribution >= 0.6 is 11.3 Å². The third kappa shape index (κ3) is 4.83. The van der Waals surface area contributed by atoms with Crippen molar-refractivity contribution in [2.24, 2.45) is 11.3 Å². The van der Waals surface area contributed by atoms with Gasteiger partial charge in [0.1, 0.15) is 18.1 Å². The molecule has 1 aliphatic carbocycles. The van der Waals surface area contributed by atoms with Gasteiger partial charge in [0.15, 0.2) is 0 Å². The Bertz CT molecular complexity index is 774. The van der Waals surface area contributed by atoms with Crippen molar-refractivity contribution in [1.82, 2.24) is 5.32 Å². The van der Waals surface area contributed by atoms with Gasteiger partial charge in [-0.05, 0) is 60.4 Å². The van der Waals surface area contributed by atoms with Gasteiger partial charge in [0.25, 0.3) is 5.91 Å². The standard InChI is InChI=1S/C22H29NO3S/c1-22(2,3)15-5-10-18-19(14-27-20(18)13-15)21(24)23-11-12-26-17-8-6-16(25-4)7-9-17/h6-9,14-15H,5,10-13H2,1-4H3,(H,23,24). The number of methoxy groups -OCH3 is 1. The largest absolute Gasteiger partial charge is 0.497 e. The van der Waals surface area contributed by atoms with Crippen LogP contribution in [0.1, 0.15) is 48.0 Å². The Morgan fingerprint density at radius 1 is 1.22 bits per heavy atom. The van der Waals surface area contributed by atoms with Gasteiger partial charge >= 0.3 is 0 Å². The molecule has 0 bridgehead atoms. The SMILES string of the molecule is COc1ccc(OCCNC(=O)c2csc3c2CCC(C(C)(C)C)C3)cc1. The maximum Gasteiger partial charge on any atom is 0.252 e. The first-order chi connectivity index (χ1) is 12.9. The number of hydrogen-bond acceptors (Lipinski definition) is 4. The zero-order chi connectivity index (χ0) is 19.4. The van der Waals surface area contributed by atoms with Crippen LogP contribution < -0.4 is 14.8 Å². The molecule has 3 rings (SSSR count). The number of benzene rings is 1. The maximum atomic E-state index is 12.6. The average Bonchev–Trinajstić information content (AvgIpc) is 3.08. The number of carbonyl (C=O) groups excluding carboxylic acids is 1. The fourth-order valence-electron chi connectivity index (χ4n) is 3.54. The monoisotopic (exact) mass is 387 g/mol. The van der Waals surface area contributed by atoms with Crippen molar-refractivity contribution in [2.45, 2.75) is 40.0 Å². The van der Waals surface area contributed by atoms with Gasteiger partial charge in [-0.1, -0.05) is 20.8 Å². The van der Waals surface area contributed by atoms with E-state index in [0.717, 1.165) is 36.3 Å². The first kappa shape index (κ1) is 19.7. The topological polar surface area (TPSA) is 47.6 Å². The zero-order valence-electron chi connectivity index (χ0n) is 16.6. The van der Waals surface area contributed by atoms with Gasteiger partial charge in [-0.2, -0.15) is 0 Å². The van der Waals surface area contributed by atoms with Gasteiger partial charge in [0, 0.05) is 10.3 Å². The molecule has 146 valence electrons. The molecule has 0 saturated heterocycles. The normalized spacial score (nSPS) is 16.5. The van der Waals surface area contributed by atoms with Crippen LogP contribution in [0.5, 0.6) is 11.5 Å². The summed E-state index contributed by atoms with van der Waals surface area (Å²) >= 11 is 1.74. The highest BCUT2D eigenvalue weighted by Crippen LogP contribution is 2.40. The van der Waals surface area contributed by atoms with E-state index in [1.54, 1.807) is 18.4 Å². The molecule has 0 spiro atoms. The molecule has 1 N–H and O–H groups in total. The lowest BCUT2D eigenvalue weighted by Crippen LogP contribution is -2.30. The molecule has 2 aromatic rings. The minimum atomic E-state index is 0.0139. The highest BCUT2D eigenvalue weighted by Gasteiger charge is 2.31. The summed E-state index contributed by atoms with van der Waals surface area (Å²) in [6.45, 7) is 7.86. The maximum absolute atomic E-state index is 12.6. The number of carbonyl (C=O) groups is 1. The van der Waals surface area contributed by atoms with Gasteiger partial charge < -0.3 is 14.8 Å². The predicted octanol–water partition coefficient (Wildman–Crippen LogP) is 4.72. The van der Waals surface area contributed by atoms with E-state index in [1.807, 2.05) is 29.6 Å². The number of thiophene rings is 1. The van der Waals surface area contributed by atoms with E-state index in [-0.39, 0.29) is 5.91 Å². The van der Waals surface area contributed by atoms with Crippen molar-refractivity contribution < 1.29 is 14.3 Å². The first-order valence-electron chi connectivity index (χ1n) is 9.52. The van der Waals surface area contributed by atoms with E-state index in [9.17, 15) is 4.79 Å². The Balaban J connectivity index is 1.50. The molecule has 0 radical (unpaired) electrons. The second kappa shape index (κ2) is 8.34. The average molecular weight is 388 g/mol. The quantitative estimate of drug-likeness (QED) is 0.730. The lowest BCUT2D eigenvalue weighted by atomic mass is 9.72. The number of amides is 1. The van der Waals surface area contributed by atoms with E-state index in [1.165, 1.54) is 10.4 Å². The number of fused-ring (bicyclic) bond motifs is 1. The van der Waals surface area contributed by atoms with E-state index in [4.69, 9.17) is 9.47 Å². The molecule has 4 nitrogen and oxygen atoms in total. The molecule has 0 saturated carbocycles. The van der Waals surface area contributed by atoms with Crippen LogP contribution in [-0.2, 0) is 12.8 Å². The van der Waals surface area contributed by atoms with Crippen LogP contribution in [0.15, 0.2) is 29.6 Å². The number of ether oxygens (including phenoxy) is 2. The van der Waals surface area contributed by atoms with E-state index >= 15 is 0 Å². The van der Waals surface area contributed by atoms with Crippen molar-refractivity contribution in [1.29, 1.82) is 0 Å². The van der Waals surface area contributed by atoms with Crippen LogP contribution in [0.4, 0.5) is 0 Å². The highest BCUT2D eigenvalue weighted by molar-refractivity contribution is 7.10. The van der Waals surface area contributed by atoms with Crippen LogP contribution in [0.3, 0.4) is 0 Å². The minimum Gasteiger partial charge on any atom is -0.497 e. The van der Waals surface area contributed by atoms with Crippen LogP contribution in [0.2, 0.25) is 0 Å². The fourth-order valence-corrected chi connectivity index (χ4v) is 4.70. The Morgan fingerprint density at radius 2 is 1.93 bits per heavy atom. The number of rotatable bonds is 6. The van der Waals surface area contributed by atoms with Gasteiger partial charge in [-0.3, -0.25) is 4.79 Å². The number of nitrogens with one attached hydrogen (secondary N) is 1. The third-order valence-electron chi connectivity index (χ3n) is 5.34. The zero-order valence-corrected chi connectivity index (χ0v) is 17.4. The Hall–Kier alpha value is -2.01. The Kier molecular flexibility index (Phi) is 6.10. The molecule has 1 atom stereocenters. The molecule has 27 heavy (non-hydrogen) atoms. The second-order valence-corrected chi connectivity index (χ2v) is 9.10. The molecule has 1 aromatic heterocycles. The van der Waals surface area contributed by atoms with Crippen molar-refractivity contribution >= 4 is 17.2 Å². The van der Waals surface area contributed by atoms with Crippen LogP contribution in [-0.4, -0.2) is 26.2 Å². The Labute approximate surface area is 165 Å². The summed E-state index contributed by atoms with van der Waals surface area (Å²) in [6, 6.07) is 7.44. The summed E-state index contributed by atoms with van der Waals surface area (Å²) < 4.78 is 10.8. The molecule has 0 fully saturated rings. The lowest BCUT2D eigenvalue weighted by Gasteiger charge is -2.34. The van der Waals surface area contributed by atoms with Crippen molar-refractivity contribution in [2.75, 3.05) is 20.3 Å². The number of hydrogen-bond donors (Lipinski definition) is 1. The van der Waals surface area contributed by atoms with Crippen molar-refractivity contribution in [3.8, 4) is 11.5 Å². The van der Waals surface area contributed by atoms with Crippen LogP contribution in [0.25, 0.3) is 0 Å². The van der Waals surface area contributed by atoms with Crippen molar-refractivity contribution in [3.63, 3.8) is 0 Å². The van der Waals surface area contributed by atoms with Crippen molar-refractivity contribution in [3.05, 3.63) is 45.6 Å². The molecule has 1 aliphatic rings. The molecule has 1 unspecified atom stereocenters. The fraction of sp³-hybridized carbons (Fsp3) is 0.500. The van der Waals surface area contributed by atoms with E-state index < -0.39 is 0 Å². The molecular formula is C22H29NO3S. The lowest BCUT2D eigenvalue weighted by molar-refractivity contribution is 0.0946. The summed E-state index contributed by atoms with van der Waals surface area (Å²) in [5.41, 5.74) is 2.43. The molecule has 1 amide bonds. The molecule has 5 heteroatoms. The summed E-state index contributed by atoms with van der Waals surface area (Å²) in [7, 11) is 1.64. The summed E-state index contributed by atoms with van der Waals surface area (Å²) in [5.74, 6) is 2.27. The molecule has 1 heterocycles. The second-order valence-electron chi connectivity index (χ2n) is 8.14. The summed E-state index contributed by atoms with van der Waals surface area (Å²) in [5, 5.41) is 5.01. The molecular weight excluding hydrogens is 358 g/mol. The first-order valence-corrected chi connectivity index (χ1v) is 10.4. The van der Waals surface area contributed by atoms with Crippen LogP contribution in [0, 0.1) is 11.3 Å². The van der Waals surface area contributed by atoms with E-state index in [0.29, 0.717) is 24.5 Å².